The lowest BCUT2D eigenvalue weighted by atomic mass is 9.92. The number of nitrogens with one attached hydrogen (secondary N) is 2. The van der Waals surface area contributed by atoms with Crippen molar-refractivity contribution in [2.24, 2.45) is 5.92 Å². The van der Waals surface area contributed by atoms with Crippen molar-refractivity contribution >= 4 is 23.2 Å². The molecule has 6 heteroatoms. The van der Waals surface area contributed by atoms with E-state index in [9.17, 15) is 9.59 Å². The van der Waals surface area contributed by atoms with Crippen molar-refractivity contribution in [3.8, 4) is 5.75 Å². The maximum Gasteiger partial charge on any atom is 0.279 e. The summed E-state index contributed by atoms with van der Waals surface area (Å²) in [7, 11) is 1.55. The van der Waals surface area contributed by atoms with Gasteiger partial charge in [0.25, 0.3) is 5.91 Å². The average molecular weight is 427 g/mol. The van der Waals surface area contributed by atoms with Crippen molar-refractivity contribution in [1.29, 1.82) is 0 Å². The smallest absolute Gasteiger partial charge is 0.279 e. The SMILES string of the molecule is CC[C@@H](C)c1ccc([C@@H]([NH2+]CC(=O)Nc2cc(NC(C)=O)ccc2OC)C(C)C)cc1. The second-order valence-electron chi connectivity index (χ2n) is 8.33. The highest BCUT2D eigenvalue weighted by Gasteiger charge is 2.21. The number of benzene rings is 2. The number of carbonyl (C=O) groups is 2. The number of hydrogen-bond donors (Lipinski definition) is 3. The number of carbonyl (C=O) groups excluding carboxylic acids is 2. The Bertz CT molecular complexity index is 878. The Hall–Kier alpha value is -2.86. The van der Waals surface area contributed by atoms with Crippen LogP contribution >= 0.6 is 0 Å². The molecule has 2 amide bonds. The molecule has 0 aliphatic heterocycles. The van der Waals surface area contributed by atoms with Crippen LogP contribution in [-0.4, -0.2) is 25.5 Å². The summed E-state index contributed by atoms with van der Waals surface area (Å²) in [6.45, 7) is 10.5. The molecule has 0 spiro atoms. The number of hydrogen-bond acceptors (Lipinski definition) is 3. The monoisotopic (exact) mass is 426 g/mol. The summed E-state index contributed by atoms with van der Waals surface area (Å²) in [6, 6.07) is 14.1. The summed E-state index contributed by atoms with van der Waals surface area (Å²) < 4.78 is 5.34. The Labute approximate surface area is 185 Å². The second-order valence-corrected chi connectivity index (χ2v) is 8.33. The molecule has 31 heavy (non-hydrogen) atoms. The van der Waals surface area contributed by atoms with Gasteiger partial charge in [0.2, 0.25) is 5.91 Å². The van der Waals surface area contributed by atoms with Crippen LogP contribution in [-0.2, 0) is 9.59 Å². The number of methoxy groups -OCH3 is 1. The Kier molecular flexibility index (Phi) is 9.06. The molecule has 2 rings (SSSR count). The first kappa shape index (κ1) is 24.4. The fourth-order valence-electron chi connectivity index (χ4n) is 3.60. The fourth-order valence-corrected chi connectivity index (χ4v) is 3.60. The van der Waals surface area contributed by atoms with Crippen LogP contribution in [0.2, 0.25) is 0 Å². The average Bonchev–Trinajstić information content (AvgIpc) is 2.73. The molecular weight excluding hydrogens is 390 g/mol. The molecule has 0 radical (unpaired) electrons. The number of quaternary nitrogens is 1. The van der Waals surface area contributed by atoms with Crippen LogP contribution in [0.3, 0.4) is 0 Å². The standard InChI is InChI=1S/C25H35N3O3/c1-7-17(4)19-8-10-20(11-9-19)25(16(2)3)26-15-24(30)28-22-14-21(27-18(5)29)12-13-23(22)31-6/h8-14,16-17,25-26H,7,15H2,1-6H3,(H,27,29)(H,28,30)/p+1/t17-,25+/m1/s1. The van der Waals surface area contributed by atoms with Crippen molar-refractivity contribution in [2.45, 2.75) is 53.0 Å². The fraction of sp³-hybridized carbons (Fsp3) is 0.440. The van der Waals surface area contributed by atoms with E-state index in [4.69, 9.17) is 4.74 Å². The lowest BCUT2D eigenvalue weighted by Crippen LogP contribution is -2.88. The highest BCUT2D eigenvalue weighted by molar-refractivity contribution is 5.95. The predicted molar refractivity (Wildman–Crippen MR) is 125 cm³/mol. The van der Waals surface area contributed by atoms with Crippen LogP contribution < -0.4 is 20.7 Å². The molecule has 0 saturated carbocycles. The third-order valence-corrected chi connectivity index (χ3v) is 5.57. The molecule has 0 saturated heterocycles. The first-order valence-corrected chi connectivity index (χ1v) is 10.9. The van der Waals surface area contributed by atoms with E-state index in [2.05, 4.69) is 67.9 Å². The van der Waals surface area contributed by atoms with Crippen LogP contribution in [0.5, 0.6) is 5.75 Å². The first-order valence-electron chi connectivity index (χ1n) is 10.9. The maximum absolute atomic E-state index is 12.7. The van der Waals surface area contributed by atoms with Gasteiger partial charge in [0.1, 0.15) is 11.8 Å². The summed E-state index contributed by atoms with van der Waals surface area (Å²) in [4.78, 5) is 24.0. The molecular formula is C25H36N3O3+. The van der Waals surface area contributed by atoms with Crippen LogP contribution in [0.25, 0.3) is 0 Å². The van der Waals surface area contributed by atoms with Gasteiger partial charge in [-0.2, -0.15) is 0 Å². The van der Waals surface area contributed by atoms with Crippen molar-refractivity contribution < 1.29 is 19.6 Å². The molecule has 0 heterocycles. The van der Waals surface area contributed by atoms with E-state index < -0.39 is 0 Å². The zero-order valence-electron chi connectivity index (χ0n) is 19.5. The van der Waals surface area contributed by atoms with Crippen LogP contribution in [0.4, 0.5) is 11.4 Å². The quantitative estimate of drug-likeness (QED) is 0.535. The molecule has 0 bridgehead atoms. The van der Waals surface area contributed by atoms with Gasteiger partial charge in [0.05, 0.1) is 12.8 Å². The third kappa shape index (κ3) is 7.10. The summed E-state index contributed by atoms with van der Waals surface area (Å²) >= 11 is 0. The lowest BCUT2D eigenvalue weighted by molar-refractivity contribution is -0.692. The highest BCUT2D eigenvalue weighted by atomic mass is 16.5. The Morgan fingerprint density at radius 2 is 1.65 bits per heavy atom. The topological polar surface area (TPSA) is 84.0 Å². The van der Waals surface area contributed by atoms with E-state index in [0.29, 0.717) is 29.0 Å². The van der Waals surface area contributed by atoms with Crippen molar-refractivity contribution in [3.05, 3.63) is 53.6 Å². The van der Waals surface area contributed by atoms with Gasteiger partial charge in [-0.15, -0.1) is 0 Å². The van der Waals surface area contributed by atoms with E-state index in [0.717, 1.165) is 6.42 Å². The second kappa shape index (κ2) is 11.5. The normalized spacial score (nSPS) is 12.9. The molecule has 168 valence electrons. The molecule has 6 nitrogen and oxygen atoms in total. The predicted octanol–water partition coefficient (Wildman–Crippen LogP) is 4.07. The number of amides is 2. The number of ether oxygens (including phenoxy) is 1. The van der Waals surface area contributed by atoms with E-state index in [-0.39, 0.29) is 24.4 Å². The van der Waals surface area contributed by atoms with E-state index in [1.165, 1.54) is 18.1 Å². The van der Waals surface area contributed by atoms with Gasteiger partial charge in [0.15, 0.2) is 6.54 Å². The molecule has 0 aliphatic carbocycles. The molecule has 0 fully saturated rings. The summed E-state index contributed by atoms with van der Waals surface area (Å²) in [5.74, 6) is 1.17. The van der Waals surface area contributed by atoms with Crippen LogP contribution in [0.15, 0.2) is 42.5 Å². The van der Waals surface area contributed by atoms with E-state index in [1.807, 2.05) is 0 Å². The minimum Gasteiger partial charge on any atom is -0.495 e. The van der Waals surface area contributed by atoms with Gasteiger partial charge < -0.3 is 20.7 Å². The van der Waals surface area contributed by atoms with Gasteiger partial charge in [-0.25, -0.2) is 0 Å². The highest BCUT2D eigenvalue weighted by Crippen LogP contribution is 2.28. The third-order valence-electron chi connectivity index (χ3n) is 5.57. The Morgan fingerprint density at radius 3 is 2.19 bits per heavy atom. The van der Waals surface area contributed by atoms with Crippen LogP contribution in [0.1, 0.15) is 64.1 Å². The Morgan fingerprint density at radius 1 is 1.00 bits per heavy atom. The molecule has 2 aromatic rings. The summed E-state index contributed by atoms with van der Waals surface area (Å²) in [5.41, 5.74) is 3.71. The molecule has 2 atom stereocenters. The first-order chi connectivity index (χ1) is 14.7. The van der Waals surface area contributed by atoms with Crippen molar-refractivity contribution in [1.82, 2.24) is 0 Å². The summed E-state index contributed by atoms with van der Waals surface area (Å²) in [6.07, 6.45) is 1.12. The van der Waals surface area contributed by atoms with Crippen molar-refractivity contribution in [3.63, 3.8) is 0 Å². The van der Waals surface area contributed by atoms with Gasteiger partial charge in [0, 0.05) is 24.1 Å². The van der Waals surface area contributed by atoms with Gasteiger partial charge in [-0.3, -0.25) is 9.59 Å². The minimum atomic E-state index is -0.171. The van der Waals surface area contributed by atoms with Gasteiger partial charge >= 0.3 is 0 Å². The van der Waals surface area contributed by atoms with E-state index in [1.54, 1.807) is 25.3 Å². The zero-order valence-corrected chi connectivity index (χ0v) is 19.5. The zero-order chi connectivity index (χ0) is 23.0. The number of anilines is 2. The van der Waals surface area contributed by atoms with E-state index >= 15 is 0 Å². The minimum absolute atomic E-state index is 0.125. The molecule has 0 unspecified atom stereocenters. The summed E-state index contributed by atoms with van der Waals surface area (Å²) in [5, 5.41) is 7.70. The lowest BCUT2D eigenvalue weighted by Gasteiger charge is -2.20. The maximum atomic E-state index is 12.7. The van der Waals surface area contributed by atoms with Gasteiger partial charge in [-0.05, 0) is 36.1 Å². The molecule has 4 N–H and O–H groups in total. The molecule has 2 aromatic carbocycles. The Balaban J connectivity index is 2.06. The molecule has 0 aromatic heterocycles. The number of rotatable bonds is 10. The number of nitrogens with two attached hydrogens (primary N) is 1. The van der Waals surface area contributed by atoms with Crippen molar-refractivity contribution in [2.75, 3.05) is 24.3 Å². The largest absolute Gasteiger partial charge is 0.495 e. The van der Waals surface area contributed by atoms with Crippen LogP contribution in [0, 0.1) is 5.92 Å². The van der Waals surface area contributed by atoms with Gasteiger partial charge in [-0.1, -0.05) is 52.0 Å². The molecule has 0 aliphatic rings.